The van der Waals surface area contributed by atoms with Gasteiger partial charge in [0, 0.05) is 23.8 Å². The van der Waals surface area contributed by atoms with Gasteiger partial charge < -0.3 is 20.1 Å². The van der Waals surface area contributed by atoms with E-state index in [1.54, 1.807) is 0 Å². The van der Waals surface area contributed by atoms with Gasteiger partial charge in [0.15, 0.2) is 11.5 Å². The smallest absolute Gasteiger partial charge is 0.163 e. The Kier molecular flexibility index (Phi) is 6.18. The molecule has 118 valence electrons. The summed E-state index contributed by atoms with van der Waals surface area (Å²) in [6.45, 7) is 8.66. The molecule has 2 rings (SSSR count). The molecule has 2 unspecified atom stereocenters. The highest BCUT2D eigenvalue weighted by Gasteiger charge is 2.17. The van der Waals surface area contributed by atoms with Crippen LogP contribution in [0.3, 0.4) is 0 Å². The van der Waals surface area contributed by atoms with Crippen LogP contribution in [0.25, 0.3) is 0 Å². The van der Waals surface area contributed by atoms with E-state index in [9.17, 15) is 0 Å². The van der Waals surface area contributed by atoms with E-state index in [2.05, 4.69) is 23.6 Å². The summed E-state index contributed by atoms with van der Waals surface area (Å²) >= 11 is 0. The molecule has 0 bridgehead atoms. The van der Waals surface area contributed by atoms with Crippen LogP contribution in [0.1, 0.15) is 40.0 Å². The van der Waals surface area contributed by atoms with Crippen LogP contribution < -0.4 is 20.1 Å². The van der Waals surface area contributed by atoms with Crippen LogP contribution in [0.15, 0.2) is 18.2 Å². The van der Waals surface area contributed by atoms with Crippen molar-refractivity contribution < 1.29 is 9.47 Å². The molecule has 1 saturated heterocycles. The fourth-order valence-corrected chi connectivity index (χ4v) is 2.87. The van der Waals surface area contributed by atoms with Gasteiger partial charge in [0.1, 0.15) is 0 Å². The molecule has 1 aliphatic heterocycles. The number of hydrogen-bond donors (Lipinski definition) is 2. The molecule has 1 aromatic carbocycles. The standard InChI is InChI=1S/C17H28N2O2/c1-4-20-16-9-8-15(12-17(16)21-5-2)19-13(3)11-14-7-6-10-18-14/h8-9,12-14,18-19H,4-7,10-11H2,1-3H3. The van der Waals surface area contributed by atoms with Gasteiger partial charge >= 0.3 is 0 Å². The van der Waals surface area contributed by atoms with Gasteiger partial charge in [-0.2, -0.15) is 0 Å². The van der Waals surface area contributed by atoms with Gasteiger partial charge in [0.2, 0.25) is 0 Å². The van der Waals surface area contributed by atoms with Crippen molar-refractivity contribution in [2.45, 2.75) is 52.1 Å². The molecule has 0 spiro atoms. The second-order valence-electron chi connectivity index (χ2n) is 5.60. The van der Waals surface area contributed by atoms with Gasteiger partial charge in [-0.1, -0.05) is 0 Å². The van der Waals surface area contributed by atoms with Crippen LogP contribution >= 0.6 is 0 Å². The summed E-state index contributed by atoms with van der Waals surface area (Å²) in [5, 5.41) is 7.11. The van der Waals surface area contributed by atoms with E-state index in [1.165, 1.54) is 12.8 Å². The summed E-state index contributed by atoms with van der Waals surface area (Å²) in [5.74, 6) is 1.63. The molecule has 4 heteroatoms. The fraction of sp³-hybridized carbons (Fsp3) is 0.647. The van der Waals surface area contributed by atoms with Crippen molar-refractivity contribution in [3.05, 3.63) is 18.2 Å². The van der Waals surface area contributed by atoms with E-state index in [1.807, 2.05) is 26.0 Å². The van der Waals surface area contributed by atoms with Crippen molar-refractivity contribution in [3.8, 4) is 11.5 Å². The number of hydrogen-bond acceptors (Lipinski definition) is 4. The second kappa shape index (κ2) is 8.13. The number of nitrogens with one attached hydrogen (secondary N) is 2. The summed E-state index contributed by atoms with van der Waals surface area (Å²) in [5.41, 5.74) is 1.09. The normalized spacial score (nSPS) is 19.3. The van der Waals surface area contributed by atoms with Crippen LogP contribution in [-0.2, 0) is 0 Å². The Hall–Kier alpha value is -1.42. The third-order valence-corrected chi connectivity index (χ3v) is 3.76. The zero-order chi connectivity index (χ0) is 15.1. The minimum Gasteiger partial charge on any atom is -0.490 e. The number of ether oxygens (including phenoxy) is 2. The third kappa shape index (κ3) is 4.81. The fourth-order valence-electron chi connectivity index (χ4n) is 2.87. The molecule has 0 saturated carbocycles. The predicted octanol–water partition coefficient (Wildman–Crippen LogP) is 3.43. The lowest BCUT2D eigenvalue weighted by Crippen LogP contribution is -2.29. The molecule has 2 N–H and O–H groups in total. The van der Waals surface area contributed by atoms with Crippen molar-refractivity contribution in [1.29, 1.82) is 0 Å². The summed E-state index contributed by atoms with van der Waals surface area (Å²) in [7, 11) is 0. The first-order chi connectivity index (χ1) is 10.2. The summed E-state index contributed by atoms with van der Waals surface area (Å²) in [6, 6.07) is 7.17. The lowest BCUT2D eigenvalue weighted by atomic mass is 10.1. The quantitative estimate of drug-likeness (QED) is 0.770. The van der Waals surface area contributed by atoms with Crippen LogP contribution in [0.5, 0.6) is 11.5 Å². The first-order valence-corrected chi connectivity index (χ1v) is 8.12. The molecule has 0 amide bonds. The van der Waals surface area contributed by atoms with E-state index < -0.39 is 0 Å². The molecule has 2 atom stereocenters. The number of rotatable bonds is 8. The molecule has 1 fully saturated rings. The molecule has 0 radical (unpaired) electrons. The van der Waals surface area contributed by atoms with Crippen molar-refractivity contribution in [1.82, 2.24) is 5.32 Å². The molecule has 21 heavy (non-hydrogen) atoms. The van der Waals surface area contributed by atoms with Crippen molar-refractivity contribution in [2.24, 2.45) is 0 Å². The van der Waals surface area contributed by atoms with Gasteiger partial charge in [-0.05, 0) is 58.7 Å². The predicted molar refractivity (Wildman–Crippen MR) is 87.5 cm³/mol. The topological polar surface area (TPSA) is 42.5 Å². The van der Waals surface area contributed by atoms with Gasteiger partial charge in [0.05, 0.1) is 13.2 Å². The van der Waals surface area contributed by atoms with Crippen LogP contribution in [0.4, 0.5) is 5.69 Å². The zero-order valence-electron chi connectivity index (χ0n) is 13.4. The van der Waals surface area contributed by atoms with Gasteiger partial charge in [-0.15, -0.1) is 0 Å². The molecule has 1 aromatic rings. The molecular formula is C17H28N2O2. The lowest BCUT2D eigenvalue weighted by Gasteiger charge is -2.20. The maximum absolute atomic E-state index is 5.67. The molecule has 0 aromatic heterocycles. The number of benzene rings is 1. The first kappa shape index (κ1) is 16.0. The maximum Gasteiger partial charge on any atom is 0.163 e. The average Bonchev–Trinajstić information content (AvgIpc) is 2.95. The van der Waals surface area contributed by atoms with E-state index in [0.717, 1.165) is 30.2 Å². The Morgan fingerprint density at radius 3 is 2.67 bits per heavy atom. The lowest BCUT2D eigenvalue weighted by molar-refractivity contribution is 0.288. The monoisotopic (exact) mass is 292 g/mol. The number of anilines is 1. The zero-order valence-corrected chi connectivity index (χ0v) is 13.4. The second-order valence-corrected chi connectivity index (χ2v) is 5.60. The molecule has 0 aliphatic carbocycles. The molecule has 1 heterocycles. The van der Waals surface area contributed by atoms with Crippen LogP contribution in [0, 0.1) is 0 Å². The molecular weight excluding hydrogens is 264 g/mol. The van der Waals surface area contributed by atoms with E-state index in [0.29, 0.717) is 25.3 Å². The molecule has 1 aliphatic rings. The highest BCUT2D eigenvalue weighted by atomic mass is 16.5. The van der Waals surface area contributed by atoms with Crippen molar-refractivity contribution in [2.75, 3.05) is 25.1 Å². The van der Waals surface area contributed by atoms with Gasteiger partial charge in [0.25, 0.3) is 0 Å². The van der Waals surface area contributed by atoms with E-state index in [4.69, 9.17) is 9.47 Å². The minimum atomic E-state index is 0.438. The summed E-state index contributed by atoms with van der Waals surface area (Å²) < 4.78 is 11.3. The average molecular weight is 292 g/mol. The largest absolute Gasteiger partial charge is 0.490 e. The Morgan fingerprint density at radius 1 is 1.24 bits per heavy atom. The first-order valence-electron chi connectivity index (χ1n) is 8.12. The minimum absolute atomic E-state index is 0.438. The van der Waals surface area contributed by atoms with Crippen LogP contribution in [-0.4, -0.2) is 31.8 Å². The Morgan fingerprint density at radius 2 is 2.00 bits per heavy atom. The maximum atomic E-state index is 5.67. The van der Waals surface area contributed by atoms with Gasteiger partial charge in [-0.3, -0.25) is 0 Å². The highest BCUT2D eigenvalue weighted by molar-refractivity contribution is 5.55. The van der Waals surface area contributed by atoms with Gasteiger partial charge in [-0.25, -0.2) is 0 Å². The Labute approximate surface area is 128 Å². The summed E-state index contributed by atoms with van der Waals surface area (Å²) in [4.78, 5) is 0. The van der Waals surface area contributed by atoms with Crippen LogP contribution in [0.2, 0.25) is 0 Å². The Balaban J connectivity index is 1.96. The van der Waals surface area contributed by atoms with Crippen molar-refractivity contribution in [3.63, 3.8) is 0 Å². The van der Waals surface area contributed by atoms with E-state index in [-0.39, 0.29) is 0 Å². The Bertz CT molecular complexity index is 431. The van der Waals surface area contributed by atoms with Crippen molar-refractivity contribution >= 4 is 5.69 Å². The SMILES string of the molecule is CCOc1ccc(NC(C)CC2CCCN2)cc1OCC. The summed E-state index contributed by atoms with van der Waals surface area (Å²) in [6.07, 6.45) is 3.74. The third-order valence-electron chi connectivity index (χ3n) is 3.76. The molecule has 4 nitrogen and oxygen atoms in total. The highest BCUT2D eigenvalue weighted by Crippen LogP contribution is 2.31. The van der Waals surface area contributed by atoms with E-state index >= 15 is 0 Å².